The van der Waals surface area contributed by atoms with Gasteiger partial charge < -0.3 is 14.7 Å². The summed E-state index contributed by atoms with van der Waals surface area (Å²) < 4.78 is 22.0. The van der Waals surface area contributed by atoms with E-state index < -0.39 is 23.5 Å². The lowest BCUT2D eigenvalue weighted by Crippen LogP contribution is -2.42. The molecule has 2 aliphatic heterocycles. The predicted octanol–water partition coefficient (Wildman–Crippen LogP) is 2.54. The molecule has 0 radical (unpaired) electrons. The van der Waals surface area contributed by atoms with Crippen LogP contribution in [0.25, 0.3) is 11.4 Å². The number of morpholine rings is 1. The number of fused-ring (bicyclic) bond motifs is 1. The van der Waals surface area contributed by atoms with Crippen LogP contribution in [0.4, 0.5) is 4.39 Å². The summed E-state index contributed by atoms with van der Waals surface area (Å²) in [6.45, 7) is 5.08. The molecule has 8 nitrogen and oxygen atoms in total. The van der Waals surface area contributed by atoms with Crippen LogP contribution < -0.4 is 0 Å². The molecule has 9 heteroatoms. The number of carbonyl (C=O) groups excluding carboxylic acids is 2. The maximum absolute atomic E-state index is 15.0. The number of hydrogen-bond donors (Lipinski definition) is 1. The first-order valence-electron chi connectivity index (χ1n) is 11.2. The van der Waals surface area contributed by atoms with E-state index in [9.17, 15) is 19.1 Å². The van der Waals surface area contributed by atoms with Gasteiger partial charge in [0.05, 0.1) is 30.5 Å². The molecule has 0 bridgehead atoms. The Bertz CT molecular complexity index is 1300. The van der Waals surface area contributed by atoms with Gasteiger partial charge in [0.1, 0.15) is 17.2 Å². The molecule has 3 aromatic rings. The summed E-state index contributed by atoms with van der Waals surface area (Å²) in [6.07, 6.45) is 1.72. The van der Waals surface area contributed by atoms with Gasteiger partial charge in [0.15, 0.2) is 5.76 Å². The van der Waals surface area contributed by atoms with Crippen molar-refractivity contribution in [3.05, 3.63) is 77.0 Å². The molecular weight excluding hydrogens is 439 g/mol. The van der Waals surface area contributed by atoms with Crippen LogP contribution in [-0.2, 0) is 14.3 Å². The summed E-state index contributed by atoms with van der Waals surface area (Å²) in [5, 5.41) is 11.4. The van der Waals surface area contributed by atoms with Crippen LogP contribution in [0.1, 0.15) is 23.0 Å². The zero-order valence-corrected chi connectivity index (χ0v) is 18.8. The van der Waals surface area contributed by atoms with Gasteiger partial charge in [-0.3, -0.25) is 18.9 Å². The van der Waals surface area contributed by atoms with Gasteiger partial charge in [0, 0.05) is 37.9 Å². The third-order valence-corrected chi connectivity index (χ3v) is 6.43. The van der Waals surface area contributed by atoms with Crippen molar-refractivity contribution in [3.8, 4) is 0 Å². The third kappa shape index (κ3) is 3.76. The lowest BCUT2D eigenvalue weighted by atomic mass is 9.96. The lowest BCUT2D eigenvalue weighted by Gasteiger charge is -2.31. The highest BCUT2D eigenvalue weighted by molar-refractivity contribution is 6.46. The number of carbonyl (C=O) groups is 2. The second-order valence-corrected chi connectivity index (χ2v) is 8.44. The number of Topliss-reactive ketones (excluding diaryl/α,β-unsaturated/α-hetero) is 1. The molecule has 0 spiro atoms. The van der Waals surface area contributed by atoms with E-state index >= 15 is 0 Å². The van der Waals surface area contributed by atoms with Crippen molar-refractivity contribution < 1.29 is 23.8 Å². The van der Waals surface area contributed by atoms with E-state index in [0.29, 0.717) is 36.8 Å². The fourth-order valence-corrected chi connectivity index (χ4v) is 4.73. The third-order valence-electron chi connectivity index (χ3n) is 6.43. The van der Waals surface area contributed by atoms with Crippen molar-refractivity contribution in [2.24, 2.45) is 0 Å². The quantitative estimate of drug-likeness (QED) is 0.355. The molecule has 1 N–H and O–H groups in total. The average molecular weight is 464 g/mol. The number of pyridine rings is 1. The summed E-state index contributed by atoms with van der Waals surface area (Å²) in [5.74, 6) is -2.50. The molecule has 2 aromatic heterocycles. The molecule has 0 aliphatic carbocycles. The molecular formula is C25H25FN4O4. The van der Waals surface area contributed by atoms with Crippen LogP contribution in [0.15, 0.2) is 54.2 Å². The molecule has 4 heterocycles. The summed E-state index contributed by atoms with van der Waals surface area (Å²) in [6, 6.07) is 10.4. The van der Waals surface area contributed by atoms with Crippen LogP contribution in [0.2, 0.25) is 0 Å². The van der Waals surface area contributed by atoms with Gasteiger partial charge in [-0.05, 0) is 25.1 Å². The van der Waals surface area contributed by atoms with Crippen LogP contribution >= 0.6 is 0 Å². The summed E-state index contributed by atoms with van der Waals surface area (Å²) in [7, 11) is 0. The number of nitrogens with zero attached hydrogens (tertiary/aromatic N) is 4. The monoisotopic (exact) mass is 464 g/mol. The molecule has 2 fully saturated rings. The summed E-state index contributed by atoms with van der Waals surface area (Å²) >= 11 is 0. The first kappa shape index (κ1) is 22.2. The average Bonchev–Trinajstić information content (AvgIpc) is 3.31. The Morgan fingerprint density at radius 2 is 1.85 bits per heavy atom. The van der Waals surface area contributed by atoms with Gasteiger partial charge in [-0.1, -0.05) is 24.3 Å². The Labute approximate surface area is 195 Å². The van der Waals surface area contributed by atoms with E-state index in [2.05, 4.69) is 9.88 Å². The zero-order valence-electron chi connectivity index (χ0n) is 18.8. The Morgan fingerprint density at radius 1 is 1.12 bits per heavy atom. The molecule has 2 aliphatic rings. The van der Waals surface area contributed by atoms with E-state index in [1.54, 1.807) is 47.9 Å². The molecule has 5 rings (SSSR count). The van der Waals surface area contributed by atoms with Gasteiger partial charge in [-0.15, -0.1) is 0 Å². The van der Waals surface area contributed by atoms with Crippen LogP contribution in [-0.4, -0.2) is 75.4 Å². The van der Waals surface area contributed by atoms with E-state index in [4.69, 9.17) is 4.74 Å². The van der Waals surface area contributed by atoms with Crippen molar-refractivity contribution >= 4 is 23.1 Å². The minimum atomic E-state index is -1.05. The SMILES string of the molecule is Cc1nc2ccccn2c1C(O)=C1C(=O)C(=O)N(CCN2CCOCC2)[C@H]1c1ccccc1F. The molecule has 1 aromatic carbocycles. The van der Waals surface area contributed by atoms with Crippen molar-refractivity contribution in [2.45, 2.75) is 13.0 Å². The number of aryl methyl sites for hydroxylation is 1. The Kier molecular flexibility index (Phi) is 5.89. The highest BCUT2D eigenvalue weighted by Gasteiger charge is 2.47. The fourth-order valence-electron chi connectivity index (χ4n) is 4.73. The number of ketones is 1. The number of hydrogen-bond acceptors (Lipinski definition) is 6. The van der Waals surface area contributed by atoms with Crippen LogP contribution in [0, 0.1) is 12.7 Å². The fraction of sp³-hybridized carbons (Fsp3) is 0.320. The molecule has 0 saturated carbocycles. The van der Waals surface area contributed by atoms with E-state index in [-0.39, 0.29) is 23.4 Å². The summed E-state index contributed by atoms with van der Waals surface area (Å²) in [4.78, 5) is 34.3. The largest absolute Gasteiger partial charge is 0.505 e. The van der Waals surface area contributed by atoms with Crippen LogP contribution in [0.5, 0.6) is 0 Å². The number of imidazole rings is 1. The number of ether oxygens (including phenoxy) is 1. The Hall–Kier alpha value is -3.56. The second kappa shape index (κ2) is 9.00. The maximum Gasteiger partial charge on any atom is 0.295 e. The molecule has 176 valence electrons. The van der Waals surface area contributed by atoms with Gasteiger partial charge >= 0.3 is 0 Å². The second-order valence-electron chi connectivity index (χ2n) is 8.44. The molecule has 1 amide bonds. The predicted molar refractivity (Wildman–Crippen MR) is 123 cm³/mol. The van der Waals surface area contributed by atoms with E-state index in [1.165, 1.54) is 11.0 Å². The van der Waals surface area contributed by atoms with Crippen molar-refractivity contribution in [1.82, 2.24) is 19.2 Å². The highest BCUT2D eigenvalue weighted by Crippen LogP contribution is 2.40. The number of aliphatic hydroxyl groups is 1. The number of rotatable bonds is 5. The highest BCUT2D eigenvalue weighted by atomic mass is 19.1. The molecule has 2 saturated heterocycles. The molecule has 0 unspecified atom stereocenters. The minimum Gasteiger partial charge on any atom is -0.505 e. The van der Waals surface area contributed by atoms with E-state index in [0.717, 1.165) is 13.1 Å². The Morgan fingerprint density at radius 3 is 2.62 bits per heavy atom. The minimum absolute atomic E-state index is 0.133. The zero-order chi connectivity index (χ0) is 23.8. The van der Waals surface area contributed by atoms with Crippen LogP contribution in [0.3, 0.4) is 0 Å². The first-order valence-corrected chi connectivity index (χ1v) is 11.2. The smallest absolute Gasteiger partial charge is 0.295 e. The number of likely N-dealkylation sites (tertiary alicyclic amines) is 1. The number of aliphatic hydroxyl groups excluding tert-OH is 1. The van der Waals surface area contributed by atoms with Crippen molar-refractivity contribution in [3.63, 3.8) is 0 Å². The number of amides is 1. The lowest BCUT2D eigenvalue weighted by molar-refractivity contribution is -0.140. The molecule has 34 heavy (non-hydrogen) atoms. The topological polar surface area (TPSA) is 87.4 Å². The number of aromatic nitrogens is 2. The number of benzene rings is 1. The standard InChI is InChI=1S/C25H25FN4O4/c1-16-21(29-9-5-4-8-19(29)27-16)23(31)20-22(17-6-2-3-7-18(17)26)30(25(33)24(20)32)11-10-28-12-14-34-15-13-28/h2-9,22,31H,10-15H2,1H3/t22-/m0/s1. The van der Waals surface area contributed by atoms with Gasteiger partial charge in [0.2, 0.25) is 0 Å². The van der Waals surface area contributed by atoms with Gasteiger partial charge in [-0.2, -0.15) is 0 Å². The normalized spacial score (nSPS) is 21.0. The molecule has 1 atom stereocenters. The van der Waals surface area contributed by atoms with Gasteiger partial charge in [0.25, 0.3) is 11.7 Å². The van der Waals surface area contributed by atoms with Gasteiger partial charge in [-0.25, -0.2) is 9.37 Å². The summed E-state index contributed by atoms with van der Waals surface area (Å²) in [5.41, 5.74) is 1.42. The maximum atomic E-state index is 15.0. The number of halogens is 1. The Balaban J connectivity index is 1.62. The van der Waals surface area contributed by atoms with Crippen molar-refractivity contribution in [2.75, 3.05) is 39.4 Å². The van der Waals surface area contributed by atoms with E-state index in [1.807, 2.05) is 6.07 Å². The van der Waals surface area contributed by atoms with Crippen molar-refractivity contribution in [1.29, 1.82) is 0 Å². The first-order chi connectivity index (χ1) is 16.5.